The van der Waals surface area contributed by atoms with Crippen molar-refractivity contribution in [3.05, 3.63) is 58.6 Å². The van der Waals surface area contributed by atoms with Gasteiger partial charge in [-0.05, 0) is 42.5 Å². The monoisotopic (exact) mass is 360 g/mol. The van der Waals surface area contributed by atoms with Crippen LogP contribution in [-0.2, 0) is 4.74 Å². The Morgan fingerprint density at radius 1 is 1.09 bits per heavy atom. The number of halogens is 1. The highest BCUT2D eigenvalue weighted by molar-refractivity contribution is 9.10. The van der Waals surface area contributed by atoms with E-state index < -0.39 is 0 Å². The summed E-state index contributed by atoms with van der Waals surface area (Å²) in [4.78, 5) is 14.5. The Bertz CT molecular complexity index is 652. The number of ether oxygens (including phenoxy) is 1. The molecule has 4 nitrogen and oxygen atoms in total. The first-order valence-electron chi connectivity index (χ1n) is 7.22. The zero-order chi connectivity index (χ0) is 15.4. The Kier molecular flexibility index (Phi) is 4.75. The molecule has 1 aliphatic rings. The first kappa shape index (κ1) is 15.1. The summed E-state index contributed by atoms with van der Waals surface area (Å²) in [5.41, 5.74) is 2.55. The van der Waals surface area contributed by atoms with Crippen molar-refractivity contribution >= 4 is 33.2 Å². The lowest BCUT2D eigenvalue weighted by molar-refractivity contribution is 0.102. The fourth-order valence-corrected chi connectivity index (χ4v) is 2.81. The molecule has 0 atom stereocenters. The van der Waals surface area contributed by atoms with Crippen LogP contribution in [0.2, 0.25) is 0 Å². The molecule has 1 heterocycles. The van der Waals surface area contributed by atoms with Gasteiger partial charge in [0, 0.05) is 34.5 Å². The predicted molar refractivity (Wildman–Crippen MR) is 91.6 cm³/mol. The second-order valence-electron chi connectivity index (χ2n) is 5.11. The van der Waals surface area contributed by atoms with Gasteiger partial charge in [0.1, 0.15) is 0 Å². The largest absolute Gasteiger partial charge is 0.378 e. The van der Waals surface area contributed by atoms with Crippen molar-refractivity contribution in [1.29, 1.82) is 0 Å². The molecule has 2 aromatic rings. The average Bonchev–Trinajstić information content (AvgIpc) is 2.56. The predicted octanol–water partition coefficient (Wildman–Crippen LogP) is 3.54. The summed E-state index contributed by atoms with van der Waals surface area (Å²) in [5, 5.41) is 2.90. The Labute approximate surface area is 138 Å². The molecule has 1 amide bonds. The molecular formula is C17H17BrN2O2. The molecule has 5 heteroatoms. The van der Waals surface area contributed by atoms with Gasteiger partial charge in [0.25, 0.3) is 5.91 Å². The van der Waals surface area contributed by atoms with Crippen LogP contribution in [0.15, 0.2) is 53.0 Å². The van der Waals surface area contributed by atoms with Crippen molar-refractivity contribution in [2.45, 2.75) is 0 Å². The number of rotatable bonds is 3. The van der Waals surface area contributed by atoms with Gasteiger partial charge in [-0.25, -0.2) is 0 Å². The average molecular weight is 361 g/mol. The third-order valence-corrected chi connectivity index (χ3v) is 4.08. The number of amides is 1. The van der Waals surface area contributed by atoms with Crippen LogP contribution in [-0.4, -0.2) is 32.2 Å². The van der Waals surface area contributed by atoms with Crippen molar-refractivity contribution in [2.24, 2.45) is 0 Å². The molecule has 0 saturated carbocycles. The van der Waals surface area contributed by atoms with E-state index in [4.69, 9.17) is 4.74 Å². The number of nitrogens with one attached hydrogen (secondary N) is 1. The van der Waals surface area contributed by atoms with Crippen molar-refractivity contribution in [2.75, 3.05) is 36.5 Å². The Morgan fingerprint density at radius 2 is 1.82 bits per heavy atom. The Balaban J connectivity index is 1.68. The molecule has 1 aliphatic heterocycles. The molecule has 0 aromatic heterocycles. The standard InChI is InChI=1S/C17H17BrN2O2/c18-14-2-1-3-15(12-14)19-17(21)13-4-6-16(7-5-13)20-8-10-22-11-9-20/h1-7,12H,8-11H2,(H,19,21). The van der Waals surface area contributed by atoms with Gasteiger partial charge in [0.2, 0.25) is 0 Å². The molecule has 1 N–H and O–H groups in total. The van der Waals surface area contributed by atoms with Crippen LogP contribution < -0.4 is 10.2 Å². The first-order chi connectivity index (χ1) is 10.7. The van der Waals surface area contributed by atoms with E-state index in [1.807, 2.05) is 48.5 Å². The van der Waals surface area contributed by atoms with Gasteiger partial charge >= 0.3 is 0 Å². The summed E-state index contributed by atoms with van der Waals surface area (Å²) in [5.74, 6) is -0.105. The van der Waals surface area contributed by atoms with Crippen LogP contribution in [0.3, 0.4) is 0 Å². The van der Waals surface area contributed by atoms with Crippen molar-refractivity contribution in [3.63, 3.8) is 0 Å². The van der Waals surface area contributed by atoms with Gasteiger partial charge in [-0.3, -0.25) is 4.79 Å². The molecule has 1 saturated heterocycles. The van der Waals surface area contributed by atoms with Crippen LogP contribution in [0.25, 0.3) is 0 Å². The Morgan fingerprint density at radius 3 is 2.50 bits per heavy atom. The molecule has 114 valence electrons. The number of hydrogen-bond acceptors (Lipinski definition) is 3. The quantitative estimate of drug-likeness (QED) is 0.909. The van der Waals surface area contributed by atoms with Gasteiger partial charge in [-0.1, -0.05) is 22.0 Å². The molecular weight excluding hydrogens is 344 g/mol. The summed E-state index contributed by atoms with van der Waals surface area (Å²) in [7, 11) is 0. The maximum atomic E-state index is 12.3. The molecule has 1 fully saturated rings. The summed E-state index contributed by atoms with van der Waals surface area (Å²) in [6, 6.07) is 15.2. The number of benzene rings is 2. The molecule has 22 heavy (non-hydrogen) atoms. The van der Waals surface area contributed by atoms with E-state index in [1.54, 1.807) is 0 Å². The number of nitrogens with zero attached hydrogens (tertiary/aromatic N) is 1. The second-order valence-corrected chi connectivity index (χ2v) is 6.03. The normalized spacial score (nSPS) is 14.7. The second kappa shape index (κ2) is 6.94. The Hall–Kier alpha value is -1.85. The third kappa shape index (κ3) is 3.67. The van der Waals surface area contributed by atoms with Crippen LogP contribution in [0.5, 0.6) is 0 Å². The number of hydrogen-bond donors (Lipinski definition) is 1. The molecule has 3 rings (SSSR count). The summed E-state index contributed by atoms with van der Waals surface area (Å²) in [6.07, 6.45) is 0. The van der Waals surface area contributed by atoms with Crippen molar-refractivity contribution in [1.82, 2.24) is 0 Å². The smallest absolute Gasteiger partial charge is 0.255 e. The maximum absolute atomic E-state index is 12.3. The van der Waals surface area contributed by atoms with E-state index in [9.17, 15) is 4.79 Å². The summed E-state index contributed by atoms with van der Waals surface area (Å²) < 4.78 is 6.29. The minimum atomic E-state index is -0.105. The number of carbonyl (C=O) groups is 1. The first-order valence-corrected chi connectivity index (χ1v) is 8.01. The highest BCUT2D eigenvalue weighted by atomic mass is 79.9. The van der Waals surface area contributed by atoms with E-state index in [0.29, 0.717) is 5.56 Å². The van der Waals surface area contributed by atoms with Crippen LogP contribution in [0.4, 0.5) is 11.4 Å². The van der Waals surface area contributed by atoms with E-state index in [2.05, 4.69) is 26.1 Å². The lowest BCUT2D eigenvalue weighted by Crippen LogP contribution is -2.36. The van der Waals surface area contributed by atoms with Crippen molar-refractivity contribution < 1.29 is 9.53 Å². The van der Waals surface area contributed by atoms with Crippen molar-refractivity contribution in [3.8, 4) is 0 Å². The third-order valence-electron chi connectivity index (χ3n) is 3.59. The number of anilines is 2. The van der Waals surface area contributed by atoms with E-state index in [1.165, 1.54) is 0 Å². The van der Waals surface area contributed by atoms with E-state index in [-0.39, 0.29) is 5.91 Å². The SMILES string of the molecule is O=C(Nc1cccc(Br)c1)c1ccc(N2CCOCC2)cc1. The van der Waals surface area contributed by atoms with Gasteiger partial charge < -0.3 is 15.0 Å². The molecule has 0 radical (unpaired) electrons. The van der Waals surface area contributed by atoms with Gasteiger partial charge in [-0.2, -0.15) is 0 Å². The fraction of sp³-hybridized carbons (Fsp3) is 0.235. The molecule has 0 spiro atoms. The lowest BCUT2D eigenvalue weighted by atomic mass is 10.1. The maximum Gasteiger partial charge on any atom is 0.255 e. The fourth-order valence-electron chi connectivity index (χ4n) is 2.41. The van der Waals surface area contributed by atoms with Gasteiger partial charge in [0.05, 0.1) is 13.2 Å². The van der Waals surface area contributed by atoms with E-state index in [0.717, 1.165) is 42.2 Å². The highest BCUT2D eigenvalue weighted by Gasteiger charge is 2.12. The summed E-state index contributed by atoms with van der Waals surface area (Å²) in [6.45, 7) is 3.30. The topological polar surface area (TPSA) is 41.6 Å². The number of morpholine rings is 1. The van der Waals surface area contributed by atoms with Gasteiger partial charge in [0.15, 0.2) is 0 Å². The molecule has 0 unspecified atom stereocenters. The lowest BCUT2D eigenvalue weighted by Gasteiger charge is -2.28. The minimum absolute atomic E-state index is 0.105. The molecule has 2 aromatic carbocycles. The zero-order valence-corrected chi connectivity index (χ0v) is 13.7. The minimum Gasteiger partial charge on any atom is -0.378 e. The molecule has 0 aliphatic carbocycles. The summed E-state index contributed by atoms with van der Waals surface area (Å²) >= 11 is 3.39. The van der Waals surface area contributed by atoms with Crippen LogP contribution >= 0.6 is 15.9 Å². The van der Waals surface area contributed by atoms with Gasteiger partial charge in [-0.15, -0.1) is 0 Å². The molecule has 0 bridgehead atoms. The van der Waals surface area contributed by atoms with Crippen LogP contribution in [0.1, 0.15) is 10.4 Å². The number of carbonyl (C=O) groups excluding carboxylic acids is 1. The zero-order valence-electron chi connectivity index (χ0n) is 12.1. The van der Waals surface area contributed by atoms with E-state index >= 15 is 0 Å². The van der Waals surface area contributed by atoms with Crippen LogP contribution in [0, 0.1) is 0 Å². The highest BCUT2D eigenvalue weighted by Crippen LogP contribution is 2.19.